The van der Waals surface area contributed by atoms with E-state index < -0.39 is 26.5 Å². The summed E-state index contributed by atoms with van der Waals surface area (Å²) in [5, 5.41) is 13.6. The zero-order chi connectivity index (χ0) is 14.9. The van der Waals surface area contributed by atoms with E-state index in [9.17, 15) is 22.9 Å². The Hall–Kier alpha value is -1.58. The zero-order valence-corrected chi connectivity index (χ0v) is 11.6. The average Bonchev–Trinajstić information content (AvgIpc) is 2.38. The first-order valence-electron chi connectivity index (χ1n) is 6.00. The Morgan fingerprint density at radius 1 is 1.50 bits per heavy atom. The van der Waals surface area contributed by atoms with Crippen LogP contribution in [0.1, 0.15) is 6.92 Å². The summed E-state index contributed by atoms with van der Waals surface area (Å²) >= 11 is 0. The van der Waals surface area contributed by atoms with Gasteiger partial charge in [0.2, 0.25) is 15.8 Å². The van der Waals surface area contributed by atoms with Gasteiger partial charge in [-0.15, -0.1) is 0 Å². The SMILES string of the molecule is C[C@H]1CN(S(=O)(=O)c2ccc([N+](=O)[O-])c(F)c2)CCN1. The van der Waals surface area contributed by atoms with Crippen LogP contribution < -0.4 is 5.32 Å². The van der Waals surface area contributed by atoms with Crippen LogP contribution in [0.2, 0.25) is 0 Å². The highest BCUT2D eigenvalue weighted by Crippen LogP contribution is 2.23. The summed E-state index contributed by atoms with van der Waals surface area (Å²) in [5.74, 6) is -1.15. The number of nitro groups is 1. The maximum absolute atomic E-state index is 13.5. The first-order chi connectivity index (χ1) is 9.32. The molecule has 1 aromatic carbocycles. The molecule has 110 valence electrons. The van der Waals surface area contributed by atoms with E-state index in [-0.39, 0.29) is 24.0 Å². The number of nitrogens with one attached hydrogen (secondary N) is 1. The van der Waals surface area contributed by atoms with Gasteiger partial charge >= 0.3 is 5.69 Å². The monoisotopic (exact) mass is 303 g/mol. The van der Waals surface area contributed by atoms with Gasteiger partial charge in [0, 0.05) is 37.8 Å². The standard InChI is InChI=1S/C11H14FN3O4S/c1-8-7-14(5-4-13-8)20(18,19)9-2-3-11(15(16)17)10(12)6-9/h2-3,6,8,13H,4-5,7H2,1H3/t8-/m0/s1. The number of rotatable bonds is 3. The molecule has 0 saturated carbocycles. The van der Waals surface area contributed by atoms with Gasteiger partial charge in [0.15, 0.2) is 0 Å². The molecule has 9 heteroatoms. The third kappa shape index (κ3) is 2.79. The fourth-order valence-corrected chi connectivity index (χ4v) is 3.60. The molecule has 1 aliphatic rings. The summed E-state index contributed by atoms with van der Waals surface area (Å²) in [4.78, 5) is 9.37. The van der Waals surface area contributed by atoms with Crippen LogP contribution in [0.4, 0.5) is 10.1 Å². The van der Waals surface area contributed by atoms with Crippen LogP contribution >= 0.6 is 0 Å². The third-order valence-corrected chi connectivity index (χ3v) is 4.95. The lowest BCUT2D eigenvalue weighted by Gasteiger charge is -2.30. The molecule has 20 heavy (non-hydrogen) atoms. The lowest BCUT2D eigenvalue weighted by Crippen LogP contribution is -2.51. The van der Waals surface area contributed by atoms with E-state index in [2.05, 4.69) is 5.32 Å². The molecule has 1 saturated heterocycles. The molecule has 0 unspecified atom stereocenters. The molecule has 0 bridgehead atoms. The first-order valence-corrected chi connectivity index (χ1v) is 7.44. The molecular formula is C11H14FN3O4S. The highest BCUT2D eigenvalue weighted by atomic mass is 32.2. The quantitative estimate of drug-likeness (QED) is 0.656. The average molecular weight is 303 g/mol. The van der Waals surface area contributed by atoms with Crippen molar-refractivity contribution < 1.29 is 17.7 Å². The van der Waals surface area contributed by atoms with Crippen molar-refractivity contribution in [1.82, 2.24) is 9.62 Å². The number of hydrogen-bond acceptors (Lipinski definition) is 5. The zero-order valence-electron chi connectivity index (χ0n) is 10.7. The Kier molecular flexibility index (Phi) is 4.02. The van der Waals surface area contributed by atoms with Gasteiger partial charge in [-0.1, -0.05) is 0 Å². The van der Waals surface area contributed by atoms with E-state index in [1.54, 1.807) is 0 Å². The van der Waals surface area contributed by atoms with Crippen LogP contribution in [0.5, 0.6) is 0 Å². The minimum Gasteiger partial charge on any atom is -0.312 e. The molecule has 1 heterocycles. The smallest absolute Gasteiger partial charge is 0.304 e. The van der Waals surface area contributed by atoms with Crippen molar-refractivity contribution in [3.63, 3.8) is 0 Å². The molecule has 0 spiro atoms. The Morgan fingerprint density at radius 2 is 2.20 bits per heavy atom. The molecule has 1 fully saturated rings. The molecule has 1 atom stereocenters. The van der Waals surface area contributed by atoms with Crippen molar-refractivity contribution in [3.05, 3.63) is 34.1 Å². The maximum Gasteiger partial charge on any atom is 0.304 e. The summed E-state index contributed by atoms with van der Waals surface area (Å²) in [5.41, 5.74) is -0.738. The molecule has 0 aliphatic carbocycles. The van der Waals surface area contributed by atoms with E-state index in [1.807, 2.05) is 6.92 Å². The second-order valence-electron chi connectivity index (χ2n) is 4.59. The van der Waals surface area contributed by atoms with Crippen LogP contribution in [0, 0.1) is 15.9 Å². The molecular weight excluding hydrogens is 289 g/mol. The molecule has 1 N–H and O–H groups in total. The van der Waals surface area contributed by atoms with Crippen LogP contribution in [-0.2, 0) is 10.0 Å². The predicted molar refractivity (Wildman–Crippen MR) is 69.3 cm³/mol. The van der Waals surface area contributed by atoms with Crippen LogP contribution in [0.3, 0.4) is 0 Å². The highest BCUT2D eigenvalue weighted by molar-refractivity contribution is 7.89. The summed E-state index contributed by atoms with van der Waals surface area (Å²) in [6.45, 7) is 2.92. The van der Waals surface area contributed by atoms with Gasteiger partial charge < -0.3 is 5.32 Å². The van der Waals surface area contributed by atoms with Gasteiger partial charge in [0.05, 0.1) is 9.82 Å². The van der Waals surface area contributed by atoms with E-state index in [4.69, 9.17) is 0 Å². The van der Waals surface area contributed by atoms with Gasteiger partial charge in [0.25, 0.3) is 0 Å². The fourth-order valence-electron chi connectivity index (χ4n) is 2.06. The Bertz CT molecular complexity index is 635. The van der Waals surface area contributed by atoms with E-state index in [0.29, 0.717) is 12.6 Å². The number of hydrogen-bond donors (Lipinski definition) is 1. The molecule has 2 rings (SSSR count). The van der Waals surface area contributed by atoms with Crippen LogP contribution in [0.15, 0.2) is 23.1 Å². The van der Waals surface area contributed by atoms with Crippen molar-refractivity contribution in [2.24, 2.45) is 0 Å². The van der Waals surface area contributed by atoms with Gasteiger partial charge in [-0.3, -0.25) is 10.1 Å². The van der Waals surface area contributed by atoms with Crippen molar-refractivity contribution in [2.45, 2.75) is 17.9 Å². The van der Waals surface area contributed by atoms with E-state index in [1.165, 1.54) is 4.31 Å². The number of nitro benzene ring substituents is 1. The molecule has 0 amide bonds. The molecule has 1 aliphatic heterocycles. The van der Waals surface area contributed by atoms with Crippen molar-refractivity contribution >= 4 is 15.7 Å². The molecule has 0 aromatic heterocycles. The number of piperazine rings is 1. The number of halogens is 1. The Balaban J connectivity index is 2.34. The largest absolute Gasteiger partial charge is 0.312 e. The van der Waals surface area contributed by atoms with Crippen LogP contribution in [0.25, 0.3) is 0 Å². The van der Waals surface area contributed by atoms with Gasteiger partial charge in [-0.2, -0.15) is 8.70 Å². The summed E-state index contributed by atoms with van der Waals surface area (Å²) in [6.07, 6.45) is 0. The van der Waals surface area contributed by atoms with Gasteiger partial charge in [-0.25, -0.2) is 8.42 Å². The fraction of sp³-hybridized carbons (Fsp3) is 0.455. The third-order valence-electron chi connectivity index (χ3n) is 3.09. The van der Waals surface area contributed by atoms with Gasteiger partial charge in [-0.05, 0) is 13.0 Å². The maximum atomic E-state index is 13.5. The second kappa shape index (κ2) is 5.43. The summed E-state index contributed by atoms with van der Waals surface area (Å²) in [6, 6.07) is 2.62. The molecule has 0 radical (unpaired) electrons. The Labute approximate surface area is 115 Å². The number of benzene rings is 1. The van der Waals surface area contributed by atoms with Gasteiger partial charge in [0.1, 0.15) is 0 Å². The van der Waals surface area contributed by atoms with E-state index >= 15 is 0 Å². The summed E-state index contributed by atoms with van der Waals surface area (Å²) in [7, 11) is -3.83. The predicted octanol–water partition coefficient (Wildman–Crippen LogP) is 0.716. The summed E-state index contributed by atoms with van der Waals surface area (Å²) < 4.78 is 39.4. The number of sulfonamides is 1. The number of nitrogens with zero attached hydrogens (tertiary/aromatic N) is 2. The minimum atomic E-state index is -3.83. The highest BCUT2D eigenvalue weighted by Gasteiger charge is 2.29. The van der Waals surface area contributed by atoms with Crippen LogP contribution in [-0.4, -0.2) is 43.3 Å². The lowest BCUT2D eigenvalue weighted by molar-refractivity contribution is -0.387. The topological polar surface area (TPSA) is 92.5 Å². The Morgan fingerprint density at radius 3 is 2.75 bits per heavy atom. The molecule has 7 nitrogen and oxygen atoms in total. The molecule has 1 aromatic rings. The normalized spacial score (nSPS) is 20.8. The second-order valence-corrected chi connectivity index (χ2v) is 6.53. The van der Waals surface area contributed by atoms with E-state index in [0.717, 1.165) is 12.1 Å². The first kappa shape index (κ1) is 14.8. The minimum absolute atomic E-state index is 0.00132. The van der Waals surface area contributed by atoms with Crippen molar-refractivity contribution in [3.8, 4) is 0 Å². The van der Waals surface area contributed by atoms with Crippen molar-refractivity contribution in [2.75, 3.05) is 19.6 Å². The lowest BCUT2D eigenvalue weighted by atomic mass is 10.3. The van der Waals surface area contributed by atoms with Crippen molar-refractivity contribution in [1.29, 1.82) is 0 Å².